The van der Waals surface area contributed by atoms with E-state index in [2.05, 4.69) is 10.5 Å². The molecule has 5 nitrogen and oxygen atoms in total. The first kappa shape index (κ1) is 14.6. The number of hydrogen-bond acceptors (Lipinski definition) is 4. The topological polar surface area (TPSA) is 70.9 Å². The van der Waals surface area contributed by atoms with E-state index < -0.39 is 0 Å². The predicted octanol–water partition coefficient (Wildman–Crippen LogP) is 2.23. The molecule has 0 bridgehead atoms. The van der Waals surface area contributed by atoms with Crippen molar-refractivity contribution in [3.63, 3.8) is 0 Å². The molecular weight excluding hydrogens is 268 g/mol. The number of aromatic hydroxyl groups is 1. The van der Waals surface area contributed by atoms with E-state index in [0.29, 0.717) is 5.75 Å². The number of phenolic OH excluding ortho intramolecular Hbond substituents is 1. The lowest BCUT2D eigenvalue weighted by molar-refractivity contribution is -0.123. The number of nitrogens with zero attached hydrogens (tertiary/aromatic N) is 1. The second kappa shape index (κ2) is 7.09. The number of ether oxygens (including phenoxy) is 1. The Labute approximate surface area is 122 Å². The third kappa shape index (κ3) is 4.65. The molecule has 2 rings (SSSR count). The fraction of sp³-hybridized carbons (Fsp3) is 0.125. The Morgan fingerprint density at radius 3 is 2.67 bits per heavy atom. The lowest BCUT2D eigenvalue weighted by Crippen LogP contribution is -2.24. The number of nitrogens with one attached hydrogen (secondary N) is 1. The van der Waals surface area contributed by atoms with E-state index in [1.807, 2.05) is 31.2 Å². The van der Waals surface area contributed by atoms with Gasteiger partial charge in [0.15, 0.2) is 6.61 Å². The van der Waals surface area contributed by atoms with Crippen molar-refractivity contribution >= 4 is 12.1 Å². The van der Waals surface area contributed by atoms with Gasteiger partial charge in [-0.2, -0.15) is 5.10 Å². The van der Waals surface area contributed by atoms with Crippen LogP contribution in [0.15, 0.2) is 53.6 Å². The van der Waals surface area contributed by atoms with Crippen LogP contribution < -0.4 is 10.2 Å². The molecule has 0 unspecified atom stereocenters. The Bertz CT molecular complexity index is 636. The number of benzene rings is 2. The molecule has 0 heterocycles. The first-order chi connectivity index (χ1) is 10.1. The van der Waals surface area contributed by atoms with Gasteiger partial charge in [-0.25, -0.2) is 5.43 Å². The molecule has 0 spiro atoms. The second-order valence-corrected chi connectivity index (χ2v) is 4.44. The SMILES string of the molecule is Cc1ccccc1OCC(=O)N/N=C/c1ccc(O)cc1. The summed E-state index contributed by atoms with van der Waals surface area (Å²) in [6.45, 7) is 1.81. The van der Waals surface area contributed by atoms with E-state index >= 15 is 0 Å². The first-order valence-electron chi connectivity index (χ1n) is 6.44. The van der Waals surface area contributed by atoms with Crippen LogP contribution in [0.1, 0.15) is 11.1 Å². The van der Waals surface area contributed by atoms with Gasteiger partial charge in [-0.15, -0.1) is 0 Å². The summed E-state index contributed by atoms with van der Waals surface area (Å²) in [5, 5.41) is 13.0. The normalized spacial score (nSPS) is 10.5. The zero-order valence-electron chi connectivity index (χ0n) is 11.6. The van der Waals surface area contributed by atoms with Crippen molar-refractivity contribution in [2.75, 3.05) is 6.61 Å². The van der Waals surface area contributed by atoms with Gasteiger partial charge in [0, 0.05) is 0 Å². The highest BCUT2D eigenvalue weighted by molar-refractivity contribution is 5.83. The zero-order valence-corrected chi connectivity index (χ0v) is 11.6. The van der Waals surface area contributed by atoms with Crippen LogP contribution in [-0.2, 0) is 4.79 Å². The fourth-order valence-electron chi connectivity index (χ4n) is 1.63. The highest BCUT2D eigenvalue weighted by Gasteiger charge is 2.02. The molecule has 0 fully saturated rings. The monoisotopic (exact) mass is 284 g/mol. The third-order valence-electron chi connectivity index (χ3n) is 2.75. The Balaban J connectivity index is 1.80. The molecule has 0 radical (unpaired) electrons. The highest BCUT2D eigenvalue weighted by Crippen LogP contribution is 2.15. The van der Waals surface area contributed by atoms with Gasteiger partial charge in [0.2, 0.25) is 0 Å². The number of aryl methyl sites for hydroxylation is 1. The van der Waals surface area contributed by atoms with Crippen LogP contribution in [0, 0.1) is 6.92 Å². The van der Waals surface area contributed by atoms with Crippen molar-refractivity contribution in [3.05, 3.63) is 59.7 Å². The number of carbonyl (C=O) groups excluding carboxylic acids is 1. The number of hydrazone groups is 1. The summed E-state index contributed by atoms with van der Waals surface area (Å²) in [5.74, 6) is 0.520. The first-order valence-corrected chi connectivity index (χ1v) is 6.44. The average Bonchev–Trinajstić information content (AvgIpc) is 2.48. The summed E-state index contributed by atoms with van der Waals surface area (Å²) in [5.41, 5.74) is 4.12. The highest BCUT2D eigenvalue weighted by atomic mass is 16.5. The maximum Gasteiger partial charge on any atom is 0.277 e. The fourth-order valence-corrected chi connectivity index (χ4v) is 1.63. The molecule has 2 aromatic carbocycles. The zero-order chi connectivity index (χ0) is 15.1. The Morgan fingerprint density at radius 1 is 1.24 bits per heavy atom. The summed E-state index contributed by atoms with van der Waals surface area (Å²) in [7, 11) is 0. The van der Waals surface area contributed by atoms with E-state index in [9.17, 15) is 4.79 Å². The van der Waals surface area contributed by atoms with Gasteiger partial charge >= 0.3 is 0 Å². The molecule has 0 atom stereocenters. The van der Waals surface area contributed by atoms with Crippen molar-refractivity contribution in [2.45, 2.75) is 6.92 Å². The predicted molar refractivity (Wildman–Crippen MR) is 80.5 cm³/mol. The quantitative estimate of drug-likeness (QED) is 0.653. The van der Waals surface area contributed by atoms with Crippen LogP contribution >= 0.6 is 0 Å². The largest absolute Gasteiger partial charge is 0.508 e. The molecule has 0 aliphatic rings. The van der Waals surface area contributed by atoms with Crippen LogP contribution in [0.4, 0.5) is 0 Å². The Kier molecular flexibility index (Phi) is 4.93. The molecular formula is C16H16N2O3. The van der Waals surface area contributed by atoms with E-state index in [0.717, 1.165) is 11.1 Å². The number of para-hydroxylation sites is 1. The molecule has 0 aliphatic carbocycles. The van der Waals surface area contributed by atoms with Crippen molar-refractivity contribution < 1.29 is 14.6 Å². The molecule has 0 aliphatic heterocycles. The standard InChI is InChI=1S/C16H16N2O3/c1-12-4-2-3-5-15(12)21-11-16(20)18-17-10-13-6-8-14(19)9-7-13/h2-10,19H,11H2,1H3,(H,18,20)/b17-10+. The van der Waals surface area contributed by atoms with Crippen LogP contribution in [0.3, 0.4) is 0 Å². The van der Waals surface area contributed by atoms with Gasteiger partial charge < -0.3 is 9.84 Å². The summed E-state index contributed by atoms with van der Waals surface area (Å²) in [6.07, 6.45) is 1.49. The van der Waals surface area contributed by atoms with E-state index in [4.69, 9.17) is 9.84 Å². The molecule has 0 saturated heterocycles. The number of amides is 1. The minimum atomic E-state index is -0.340. The lowest BCUT2D eigenvalue weighted by atomic mass is 10.2. The van der Waals surface area contributed by atoms with Crippen LogP contribution in [0.25, 0.3) is 0 Å². The van der Waals surface area contributed by atoms with Gasteiger partial charge in [0.25, 0.3) is 5.91 Å². The lowest BCUT2D eigenvalue weighted by Gasteiger charge is -2.07. The van der Waals surface area contributed by atoms with Crippen molar-refractivity contribution in [1.82, 2.24) is 5.43 Å². The van der Waals surface area contributed by atoms with Crippen LogP contribution in [-0.4, -0.2) is 23.8 Å². The molecule has 1 amide bonds. The van der Waals surface area contributed by atoms with Gasteiger partial charge in [-0.1, -0.05) is 18.2 Å². The minimum Gasteiger partial charge on any atom is -0.508 e. The van der Waals surface area contributed by atoms with E-state index in [-0.39, 0.29) is 18.3 Å². The Hall–Kier alpha value is -2.82. The number of hydrogen-bond donors (Lipinski definition) is 2. The molecule has 21 heavy (non-hydrogen) atoms. The van der Waals surface area contributed by atoms with E-state index in [1.54, 1.807) is 24.3 Å². The van der Waals surface area contributed by atoms with Gasteiger partial charge in [-0.3, -0.25) is 4.79 Å². The summed E-state index contributed by atoms with van der Waals surface area (Å²) in [4.78, 5) is 11.6. The molecule has 0 saturated carbocycles. The smallest absolute Gasteiger partial charge is 0.277 e. The van der Waals surface area contributed by atoms with Gasteiger partial charge in [0.1, 0.15) is 11.5 Å². The summed E-state index contributed by atoms with van der Waals surface area (Å²) in [6, 6.07) is 13.9. The third-order valence-corrected chi connectivity index (χ3v) is 2.75. The summed E-state index contributed by atoms with van der Waals surface area (Å²) < 4.78 is 5.40. The second-order valence-electron chi connectivity index (χ2n) is 4.44. The van der Waals surface area contributed by atoms with Crippen molar-refractivity contribution in [1.29, 1.82) is 0 Å². The molecule has 108 valence electrons. The summed E-state index contributed by atoms with van der Waals surface area (Å²) >= 11 is 0. The van der Waals surface area contributed by atoms with Crippen molar-refractivity contribution in [2.24, 2.45) is 5.10 Å². The molecule has 2 aromatic rings. The van der Waals surface area contributed by atoms with Crippen LogP contribution in [0.5, 0.6) is 11.5 Å². The van der Waals surface area contributed by atoms with E-state index in [1.165, 1.54) is 6.21 Å². The molecule has 2 N–H and O–H groups in total. The average molecular weight is 284 g/mol. The van der Waals surface area contributed by atoms with Gasteiger partial charge in [-0.05, 0) is 48.4 Å². The maximum atomic E-state index is 11.6. The minimum absolute atomic E-state index is 0.0994. The number of carbonyl (C=O) groups is 1. The maximum absolute atomic E-state index is 11.6. The molecule has 5 heteroatoms. The van der Waals surface area contributed by atoms with Gasteiger partial charge in [0.05, 0.1) is 6.21 Å². The van der Waals surface area contributed by atoms with Crippen LogP contribution in [0.2, 0.25) is 0 Å². The Morgan fingerprint density at radius 2 is 1.95 bits per heavy atom. The molecule has 0 aromatic heterocycles. The number of rotatable bonds is 5. The van der Waals surface area contributed by atoms with Crippen molar-refractivity contribution in [3.8, 4) is 11.5 Å². The number of phenols is 1.